The zero-order chi connectivity index (χ0) is 13.5. The van der Waals surface area contributed by atoms with E-state index in [2.05, 4.69) is 67.4 Å². The molecule has 98 valence electrons. The Bertz CT molecular complexity index is 555. The number of hydrogen-bond acceptors (Lipinski definition) is 1. The maximum Gasteiger partial charge on any atom is 0.0661 e. The third kappa shape index (κ3) is 3.78. The van der Waals surface area contributed by atoms with Crippen LogP contribution < -0.4 is 0 Å². The summed E-state index contributed by atoms with van der Waals surface area (Å²) in [6.07, 6.45) is 5.52. The Morgan fingerprint density at radius 2 is 1.74 bits per heavy atom. The van der Waals surface area contributed by atoms with Gasteiger partial charge in [0, 0.05) is 6.21 Å². The van der Waals surface area contributed by atoms with E-state index in [0.29, 0.717) is 0 Å². The lowest BCUT2D eigenvalue weighted by Gasteiger charge is -2.04. The van der Waals surface area contributed by atoms with Gasteiger partial charge in [-0.2, -0.15) is 0 Å². The monoisotopic (exact) mass is 251 g/mol. The minimum Gasteiger partial charge on any atom is -0.256 e. The summed E-state index contributed by atoms with van der Waals surface area (Å²) in [5, 5.41) is 0. The average Bonchev–Trinajstić information content (AvgIpc) is 2.45. The Morgan fingerprint density at radius 3 is 2.53 bits per heavy atom. The van der Waals surface area contributed by atoms with Crippen LogP contribution in [0.15, 0.2) is 53.5 Å². The number of benzene rings is 2. The van der Waals surface area contributed by atoms with E-state index in [1.807, 2.05) is 6.21 Å². The lowest BCUT2D eigenvalue weighted by molar-refractivity contribution is 0.795. The van der Waals surface area contributed by atoms with Gasteiger partial charge in [0.2, 0.25) is 0 Å². The Kier molecular flexibility index (Phi) is 4.91. The van der Waals surface area contributed by atoms with Crippen LogP contribution >= 0.6 is 0 Å². The van der Waals surface area contributed by atoms with Gasteiger partial charge in [-0.05, 0) is 42.5 Å². The lowest BCUT2D eigenvalue weighted by atomic mass is 10.1. The second kappa shape index (κ2) is 6.89. The Morgan fingerprint density at radius 1 is 1.00 bits per heavy atom. The molecule has 0 fully saturated rings. The predicted molar refractivity (Wildman–Crippen MR) is 83.5 cm³/mol. The molecule has 19 heavy (non-hydrogen) atoms. The molecule has 2 rings (SSSR count). The molecule has 0 bridgehead atoms. The van der Waals surface area contributed by atoms with Gasteiger partial charge in [-0.25, -0.2) is 0 Å². The van der Waals surface area contributed by atoms with Crippen LogP contribution in [0.3, 0.4) is 0 Å². The van der Waals surface area contributed by atoms with Gasteiger partial charge in [0.1, 0.15) is 0 Å². The van der Waals surface area contributed by atoms with Crippen molar-refractivity contribution in [3.63, 3.8) is 0 Å². The van der Waals surface area contributed by atoms with E-state index in [1.165, 1.54) is 29.5 Å². The van der Waals surface area contributed by atoms with Gasteiger partial charge in [0.25, 0.3) is 0 Å². The van der Waals surface area contributed by atoms with Crippen molar-refractivity contribution in [2.75, 3.05) is 0 Å². The van der Waals surface area contributed by atoms with Gasteiger partial charge in [0.05, 0.1) is 5.69 Å². The summed E-state index contributed by atoms with van der Waals surface area (Å²) in [4.78, 5) is 4.67. The first-order valence-electron chi connectivity index (χ1n) is 6.99. The van der Waals surface area contributed by atoms with Crippen LogP contribution in [0.1, 0.15) is 36.5 Å². The first-order chi connectivity index (χ1) is 9.31. The number of para-hydroxylation sites is 1. The maximum atomic E-state index is 4.67. The van der Waals surface area contributed by atoms with Crippen LogP contribution in [0.25, 0.3) is 0 Å². The highest BCUT2D eigenvalue weighted by Crippen LogP contribution is 2.21. The van der Waals surface area contributed by atoms with Crippen molar-refractivity contribution in [3.05, 3.63) is 65.2 Å². The highest BCUT2D eigenvalue weighted by Gasteiger charge is 1.99. The van der Waals surface area contributed by atoms with Crippen LogP contribution in [0.2, 0.25) is 0 Å². The molecule has 0 saturated carbocycles. The van der Waals surface area contributed by atoms with Crippen molar-refractivity contribution in [2.24, 2.45) is 4.99 Å². The van der Waals surface area contributed by atoms with E-state index in [9.17, 15) is 0 Å². The van der Waals surface area contributed by atoms with E-state index < -0.39 is 0 Å². The van der Waals surface area contributed by atoms with Crippen LogP contribution in [-0.4, -0.2) is 6.21 Å². The summed E-state index contributed by atoms with van der Waals surface area (Å²) in [5.74, 6) is 0. The molecule has 0 atom stereocenters. The number of hydrogen-bond donors (Lipinski definition) is 0. The summed E-state index contributed by atoms with van der Waals surface area (Å²) in [7, 11) is 0. The molecule has 1 heteroatoms. The van der Waals surface area contributed by atoms with Crippen molar-refractivity contribution in [1.82, 2.24) is 0 Å². The van der Waals surface area contributed by atoms with Gasteiger partial charge in [0.15, 0.2) is 0 Å². The van der Waals surface area contributed by atoms with Crippen molar-refractivity contribution >= 4 is 11.9 Å². The second-order valence-corrected chi connectivity index (χ2v) is 4.85. The van der Waals surface area contributed by atoms with Gasteiger partial charge < -0.3 is 0 Å². The molecule has 2 aromatic rings. The summed E-state index contributed by atoms with van der Waals surface area (Å²) < 4.78 is 0. The Labute approximate surface area is 116 Å². The topological polar surface area (TPSA) is 12.4 Å². The summed E-state index contributed by atoms with van der Waals surface area (Å²) >= 11 is 0. The van der Waals surface area contributed by atoms with Crippen molar-refractivity contribution in [2.45, 2.75) is 33.1 Å². The van der Waals surface area contributed by atoms with Gasteiger partial charge >= 0.3 is 0 Å². The molecule has 0 aromatic heterocycles. The fourth-order valence-electron chi connectivity index (χ4n) is 2.09. The Hall–Kier alpha value is -1.89. The van der Waals surface area contributed by atoms with Crippen LogP contribution in [-0.2, 0) is 6.42 Å². The molecular formula is C18H21N. The van der Waals surface area contributed by atoms with E-state index in [4.69, 9.17) is 0 Å². The molecule has 0 aliphatic carbocycles. The van der Waals surface area contributed by atoms with Crippen LogP contribution in [0, 0.1) is 6.92 Å². The summed E-state index contributed by atoms with van der Waals surface area (Å²) in [6, 6.07) is 16.8. The average molecular weight is 251 g/mol. The fraction of sp³-hybridized carbons (Fsp3) is 0.278. The van der Waals surface area contributed by atoms with E-state index in [0.717, 1.165) is 12.1 Å². The Balaban J connectivity index is 2.21. The van der Waals surface area contributed by atoms with Crippen LogP contribution in [0.5, 0.6) is 0 Å². The molecule has 0 aliphatic rings. The normalized spacial score (nSPS) is 11.1. The smallest absolute Gasteiger partial charge is 0.0661 e. The summed E-state index contributed by atoms with van der Waals surface area (Å²) in [5.41, 5.74) is 4.89. The molecule has 0 spiro atoms. The SMILES string of the molecule is CCCCc1ccccc1/N=C/c1ccccc1C. The van der Waals surface area contributed by atoms with Crippen molar-refractivity contribution in [1.29, 1.82) is 0 Å². The highest BCUT2D eigenvalue weighted by molar-refractivity contribution is 5.84. The lowest BCUT2D eigenvalue weighted by Crippen LogP contribution is -1.88. The first kappa shape index (κ1) is 13.5. The fourth-order valence-corrected chi connectivity index (χ4v) is 2.09. The molecule has 2 aromatic carbocycles. The molecular weight excluding hydrogens is 230 g/mol. The predicted octanol–water partition coefficient (Wildman–Crippen LogP) is 5.09. The molecule has 0 unspecified atom stereocenters. The molecule has 0 saturated heterocycles. The number of aryl methyl sites for hydroxylation is 2. The molecule has 0 radical (unpaired) electrons. The van der Waals surface area contributed by atoms with Crippen LogP contribution in [0.4, 0.5) is 5.69 Å². The van der Waals surface area contributed by atoms with Crippen molar-refractivity contribution in [3.8, 4) is 0 Å². The zero-order valence-electron chi connectivity index (χ0n) is 11.8. The van der Waals surface area contributed by atoms with Gasteiger partial charge in [-0.15, -0.1) is 0 Å². The van der Waals surface area contributed by atoms with Gasteiger partial charge in [-0.3, -0.25) is 4.99 Å². The van der Waals surface area contributed by atoms with Crippen molar-refractivity contribution < 1.29 is 0 Å². The minimum absolute atomic E-state index is 1.10. The number of nitrogens with zero attached hydrogens (tertiary/aromatic N) is 1. The third-order valence-electron chi connectivity index (χ3n) is 3.32. The largest absolute Gasteiger partial charge is 0.256 e. The third-order valence-corrected chi connectivity index (χ3v) is 3.32. The second-order valence-electron chi connectivity index (χ2n) is 4.85. The summed E-state index contributed by atoms with van der Waals surface area (Å²) in [6.45, 7) is 4.34. The van der Waals surface area contributed by atoms with E-state index in [-0.39, 0.29) is 0 Å². The maximum absolute atomic E-state index is 4.67. The van der Waals surface area contributed by atoms with E-state index in [1.54, 1.807) is 0 Å². The molecule has 0 N–H and O–H groups in total. The first-order valence-corrected chi connectivity index (χ1v) is 6.99. The standard InChI is InChI=1S/C18H21N/c1-3-4-10-16-11-7-8-13-18(16)19-14-17-12-6-5-9-15(17)2/h5-9,11-14H,3-4,10H2,1-2H3/b19-14+. The van der Waals surface area contributed by atoms with Gasteiger partial charge in [-0.1, -0.05) is 55.8 Å². The number of rotatable bonds is 5. The number of aliphatic imine (C=N–C) groups is 1. The van der Waals surface area contributed by atoms with E-state index >= 15 is 0 Å². The molecule has 0 aliphatic heterocycles. The zero-order valence-corrected chi connectivity index (χ0v) is 11.8. The minimum atomic E-state index is 1.10. The highest BCUT2D eigenvalue weighted by atomic mass is 14.7. The number of unbranched alkanes of at least 4 members (excludes halogenated alkanes) is 1. The molecule has 0 heterocycles. The molecule has 1 nitrogen and oxygen atoms in total. The quantitative estimate of drug-likeness (QED) is 0.656. The molecule has 0 amide bonds.